The molecule has 0 bridgehead atoms. The molecule has 140 valence electrons. The standard InChI is InChI=1S/C19H25N3O3S/c20-17(23)13-4-7-21(8-5-13)18(24)16-11-14-6-10-26-19(14)22(16)12-15-3-1-2-9-25-15/h6,10-11,13,15H,1-5,7-9,12H2,(H2,20,23)/t15-/m1/s1. The van der Waals surface area contributed by atoms with E-state index in [0.29, 0.717) is 25.9 Å². The van der Waals surface area contributed by atoms with Crippen molar-refractivity contribution in [1.82, 2.24) is 9.47 Å². The van der Waals surface area contributed by atoms with Crippen LogP contribution in [-0.2, 0) is 16.1 Å². The number of hydrogen-bond donors (Lipinski definition) is 1. The van der Waals surface area contributed by atoms with Crippen LogP contribution in [0.25, 0.3) is 10.2 Å². The number of primary amides is 1. The van der Waals surface area contributed by atoms with E-state index in [1.165, 1.54) is 6.42 Å². The number of likely N-dealkylation sites (tertiary alicyclic amines) is 1. The Morgan fingerprint density at radius 1 is 1.23 bits per heavy atom. The molecule has 26 heavy (non-hydrogen) atoms. The predicted molar refractivity (Wildman–Crippen MR) is 101 cm³/mol. The molecule has 2 saturated heterocycles. The minimum absolute atomic E-state index is 0.0483. The molecule has 2 aliphatic heterocycles. The molecule has 0 aliphatic carbocycles. The highest BCUT2D eigenvalue weighted by atomic mass is 32.1. The summed E-state index contributed by atoms with van der Waals surface area (Å²) in [6.07, 6.45) is 4.83. The van der Waals surface area contributed by atoms with Gasteiger partial charge in [0, 0.05) is 31.0 Å². The van der Waals surface area contributed by atoms with Gasteiger partial charge < -0.3 is 19.9 Å². The number of ether oxygens (including phenoxy) is 1. The third-order valence-corrected chi connectivity index (χ3v) is 6.52. The molecular weight excluding hydrogens is 350 g/mol. The van der Waals surface area contributed by atoms with E-state index >= 15 is 0 Å². The van der Waals surface area contributed by atoms with Gasteiger partial charge in [0.2, 0.25) is 5.91 Å². The molecule has 2 aromatic heterocycles. The van der Waals surface area contributed by atoms with Gasteiger partial charge in [0.15, 0.2) is 0 Å². The smallest absolute Gasteiger partial charge is 0.270 e. The molecule has 2 aliphatic rings. The molecule has 7 heteroatoms. The first kappa shape index (κ1) is 17.5. The van der Waals surface area contributed by atoms with Gasteiger partial charge in [-0.3, -0.25) is 9.59 Å². The molecule has 0 aromatic carbocycles. The highest BCUT2D eigenvalue weighted by Crippen LogP contribution is 2.29. The lowest BCUT2D eigenvalue weighted by Crippen LogP contribution is -2.42. The summed E-state index contributed by atoms with van der Waals surface area (Å²) in [7, 11) is 0. The first-order valence-electron chi connectivity index (χ1n) is 9.40. The number of rotatable bonds is 4. The number of carbonyl (C=O) groups is 2. The first-order chi connectivity index (χ1) is 12.6. The van der Waals surface area contributed by atoms with Crippen molar-refractivity contribution in [1.29, 1.82) is 0 Å². The summed E-state index contributed by atoms with van der Waals surface area (Å²) in [5.74, 6) is -0.312. The summed E-state index contributed by atoms with van der Waals surface area (Å²) < 4.78 is 8.04. The predicted octanol–water partition coefficient (Wildman–Crippen LogP) is 2.61. The fraction of sp³-hybridized carbons (Fsp3) is 0.579. The number of piperidine rings is 1. The van der Waals surface area contributed by atoms with Gasteiger partial charge in [-0.1, -0.05) is 0 Å². The van der Waals surface area contributed by atoms with Crippen LogP contribution in [0.1, 0.15) is 42.6 Å². The zero-order chi connectivity index (χ0) is 18.1. The Labute approximate surface area is 156 Å². The zero-order valence-electron chi connectivity index (χ0n) is 14.9. The van der Waals surface area contributed by atoms with Crippen LogP contribution in [0, 0.1) is 5.92 Å². The monoisotopic (exact) mass is 375 g/mol. The van der Waals surface area contributed by atoms with Crippen LogP contribution in [0.5, 0.6) is 0 Å². The van der Waals surface area contributed by atoms with Crippen LogP contribution in [0.4, 0.5) is 0 Å². The number of carbonyl (C=O) groups excluding carboxylic acids is 2. The number of fused-ring (bicyclic) bond motifs is 1. The summed E-state index contributed by atoms with van der Waals surface area (Å²) in [5.41, 5.74) is 6.14. The highest BCUT2D eigenvalue weighted by molar-refractivity contribution is 7.16. The minimum Gasteiger partial charge on any atom is -0.376 e. The zero-order valence-corrected chi connectivity index (χ0v) is 15.7. The van der Waals surface area contributed by atoms with Crippen LogP contribution in [0.2, 0.25) is 0 Å². The van der Waals surface area contributed by atoms with E-state index in [1.54, 1.807) is 11.3 Å². The molecule has 0 spiro atoms. The van der Waals surface area contributed by atoms with E-state index < -0.39 is 0 Å². The number of thiophene rings is 1. The van der Waals surface area contributed by atoms with E-state index in [2.05, 4.69) is 16.0 Å². The van der Waals surface area contributed by atoms with E-state index in [4.69, 9.17) is 10.5 Å². The number of nitrogens with zero attached hydrogens (tertiary/aromatic N) is 2. The summed E-state index contributed by atoms with van der Waals surface area (Å²) in [6.45, 7) is 2.71. The van der Waals surface area contributed by atoms with Gasteiger partial charge in [-0.2, -0.15) is 0 Å². The third-order valence-electron chi connectivity index (χ3n) is 5.57. The molecule has 4 rings (SSSR count). The van der Waals surface area contributed by atoms with E-state index in [-0.39, 0.29) is 23.8 Å². The summed E-state index contributed by atoms with van der Waals surface area (Å²) in [4.78, 5) is 27.5. The van der Waals surface area contributed by atoms with Crippen LogP contribution < -0.4 is 5.73 Å². The van der Waals surface area contributed by atoms with E-state index in [0.717, 1.165) is 41.9 Å². The number of amides is 2. The molecule has 6 nitrogen and oxygen atoms in total. The van der Waals surface area contributed by atoms with Crippen LogP contribution in [0.15, 0.2) is 17.5 Å². The Balaban J connectivity index is 1.55. The van der Waals surface area contributed by atoms with Crippen molar-refractivity contribution < 1.29 is 14.3 Å². The van der Waals surface area contributed by atoms with Crippen molar-refractivity contribution in [2.24, 2.45) is 11.7 Å². The Bertz CT molecular complexity index is 798. The van der Waals surface area contributed by atoms with Gasteiger partial charge in [-0.05, 0) is 49.6 Å². The third kappa shape index (κ3) is 3.38. The first-order valence-corrected chi connectivity index (χ1v) is 10.3. The lowest BCUT2D eigenvalue weighted by molar-refractivity contribution is -0.123. The van der Waals surface area contributed by atoms with Crippen molar-refractivity contribution in [3.63, 3.8) is 0 Å². The Hall–Kier alpha value is -1.86. The number of nitrogens with two attached hydrogens (primary N) is 1. The summed E-state index contributed by atoms with van der Waals surface area (Å²) >= 11 is 1.67. The molecule has 2 aromatic rings. The van der Waals surface area contributed by atoms with Crippen molar-refractivity contribution in [2.45, 2.75) is 44.8 Å². The van der Waals surface area contributed by atoms with Gasteiger partial charge in [-0.25, -0.2) is 0 Å². The maximum Gasteiger partial charge on any atom is 0.270 e. The number of hydrogen-bond acceptors (Lipinski definition) is 4. The molecule has 4 heterocycles. The Kier molecular flexibility index (Phi) is 5.00. The van der Waals surface area contributed by atoms with Crippen molar-refractivity contribution in [3.05, 3.63) is 23.2 Å². The molecule has 0 radical (unpaired) electrons. The van der Waals surface area contributed by atoms with Crippen LogP contribution >= 0.6 is 11.3 Å². The largest absolute Gasteiger partial charge is 0.376 e. The van der Waals surface area contributed by atoms with Gasteiger partial charge in [0.05, 0.1) is 12.6 Å². The molecule has 0 saturated carbocycles. The maximum absolute atomic E-state index is 13.2. The maximum atomic E-state index is 13.2. The Morgan fingerprint density at radius 3 is 2.73 bits per heavy atom. The molecule has 2 N–H and O–H groups in total. The average molecular weight is 375 g/mol. The second-order valence-corrected chi connectivity index (χ2v) is 8.17. The SMILES string of the molecule is NC(=O)C1CCN(C(=O)c2cc3ccsc3n2C[C@H]2CCCCO2)CC1. The second kappa shape index (κ2) is 7.40. The lowest BCUT2D eigenvalue weighted by Gasteiger charge is -2.31. The van der Waals surface area contributed by atoms with Crippen molar-refractivity contribution in [3.8, 4) is 0 Å². The van der Waals surface area contributed by atoms with Crippen molar-refractivity contribution in [2.75, 3.05) is 19.7 Å². The second-order valence-electron chi connectivity index (χ2n) is 7.28. The summed E-state index contributed by atoms with van der Waals surface area (Å²) in [6, 6.07) is 4.06. The topological polar surface area (TPSA) is 77.6 Å². The van der Waals surface area contributed by atoms with Gasteiger partial charge in [0.25, 0.3) is 5.91 Å². The molecule has 1 atom stereocenters. The Morgan fingerprint density at radius 2 is 2.04 bits per heavy atom. The van der Waals surface area contributed by atoms with Gasteiger partial charge in [-0.15, -0.1) is 11.3 Å². The van der Waals surface area contributed by atoms with Crippen LogP contribution in [-0.4, -0.2) is 47.1 Å². The highest BCUT2D eigenvalue weighted by Gasteiger charge is 2.29. The number of aromatic nitrogens is 1. The lowest BCUT2D eigenvalue weighted by atomic mass is 9.96. The summed E-state index contributed by atoms with van der Waals surface area (Å²) in [5, 5.41) is 3.18. The quantitative estimate of drug-likeness (QED) is 0.892. The normalized spacial score (nSPS) is 22.0. The molecule has 0 unspecified atom stereocenters. The fourth-order valence-electron chi connectivity index (χ4n) is 4.02. The van der Waals surface area contributed by atoms with Gasteiger partial charge in [0.1, 0.15) is 10.5 Å². The fourth-order valence-corrected chi connectivity index (χ4v) is 4.92. The molecule has 2 amide bonds. The van der Waals surface area contributed by atoms with Crippen molar-refractivity contribution >= 4 is 33.4 Å². The van der Waals surface area contributed by atoms with E-state index in [1.807, 2.05) is 11.0 Å². The van der Waals surface area contributed by atoms with E-state index in [9.17, 15) is 9.59 Å². The van der Waals surface area contributed by atoms with Gasteiger partial charge >= 0.3 is 0 Å². The molecule has 2 fully saturated rings. The average Bonchev–Trinajstić information content (AvgIpc) is 3.25. The molecular formula is C19H25N3O3S. The minimum atomic E-state index is -0.254. The van der Waals surface area contributed by atoms with Crippen LogP contribution in [0.3, 0.4) is 0 Å².